The van der Waals surface area contributed by atoms with Crippen molar-refractivity contribution in [1.82, 2.24) is 4.90 Å². The van der Waals surface area contributed by atoms with Gasteiger partial charge < -0.3 is 10.1 Å². The predicted octanol–water partition coefficient (Wildman–Crippen LogP) is 3.51. The number of ether oxygens (including phenoxy) is 1. The van der Waals surface area contributed by atoms with E-state index in [1.165, 1.54) is 18.2 Å². The molecule has 0 heterocycles. The van der Waals surface area contributed by atoms with Gasteiger partial charge in [0.05, 0.1) is 11.5 Å². The van der Waals surface area contributed by atoms with E-state index in [1.54, 1.807) is 31.2 Å². The second-order valence-corrected chi connectivity index (χ2v) is 6.28. The fraction of sp³-hybridized carbons (Fsp3) is 0.278. The van der Waals surface area contributed by atoms with Crippen molar-refractivity contribution in [3.8, 4) is 5.75 Å². The van der Waals surface area contributed by atoms with Crippen molar-refractivity contribution < 1.29 is 14.5 Å². The summed E-state index contributed by atoms with van der Waals surface area (Å²) in [6.45, 7) is 2.89. The summed E-state index contributed by atoms with van der Waals surface area (Å²) in [5, 5.41) is 14.2. The summed E-state index contributed by atoms with van der Waals surface area (Å²) >= 11 is 5.81. The van der Waals surface area contributed by atoms with Crippen molar-refractivity contribution in [2.24, 2.45) is 0 Å². The number of carbonyl (C=O) groups is 1. The Morgan fingerprint density at radius 2 is 1.96 bits per heavy atom. The summed E-state index contributed by atoms with van der Waals surface area (Å²) in [6, 6.07) is 11.4. The summed E-state index contributed by atoms with van der Waals surface area (Å²) in [5.74, 6) is 0.518. The number of rotatable bonds is 8. The number of amides is 1. The van der Waals surface area contributed by atoms with E-state index in [2.05, 4.69) is 5.32 Å². The van der Waals surface area contributed by atoms with Crippen LogP contribution in [0.25, 0.3) is 0 Å². The van der Waals surface area contributed by atoms with Crippen molar-refractivity contribution in [3.05, 3.63) is 63.2 Å². The number of benzene rings is 2. The molecule has 0 saturated heterocycles. The van der Waals surface area contributed by atoms with Crippen molar-refractivity contribution in [3.63, 3.8) is 0 Å². The van der Waals surface area contributed by atoms with Crippen LogP contribution in [0.1, 0.15) is 5.56 Å². The summed E-state index contributed by atoms with van der Waals surface area (Å²) in [4.78, 5) is 24.2. The zero-order chi connectivity index (χ0) is 19.1. The minimum Gasteiger partial charge on any atom is -0.492 e. The Balaban J connectivity index is 1.78. The van der Waals surface area contributed by atoms with Gasteiger partial charge in [-0.2, -0.15) is 0 Å². The summed E-state index contributed by atoms with van der Waals surface area (Å²) < 4.78 is 5.59. The molecule has 0 saturated carbocycles. The molecule has 138 valence electrons. The Kier molecular flexibility index (Phi) is 6.94. The molecule has 0 aromatic heterocycles. The number of anilines is 1. The van der Waals surface area contributed by atoms with Crippen LogP contribution < -0.4 is 10.1 Å². The number of likely N-dealkylation sites (N-methyl/N-ethyl adjacent to an activating group) is 1. The monoisotopic (exact) mass is 377 g/mol. The first-order chi connectivity index (χ1) is 12.3. The molecule has 2 aromatic carbocycles. The third-order valence-corrected chi connectivity index (χ3v) is 3.92. The summed E-state index contributed by atoms with van der Waals surface area (Å²) in [6.07, 6.45) is 0. The highest BCUT2D eigenvalue weighted by Gasteiger charge is 2.11. The fourth-order valence-corrected chi connectivity index (χ4v) is 2.39. The first kappa shape index (κ1) is 19.7. The Morgan fingerprint density at radius 1 is 1.27 bits per heavy atom. The second-order valence-electron chi connectivity index (χ2n) is 5.84. The second kappa shape index (κ2) is 9.17. The number of nitro groups is 1. The van der Waals surface area contributed by atoms with Gasteiger partial charge in [0, 0.05) is 29.4 Å². The van der Waals surface area contributed by atoms with Crippen molar-refractivity contribution in [1.29, 1.82) is 0 Å². The maximum atomic E-state index is 12.1. The minimum atomic E-state index is -0.465. The highest BCUT2D eigenvalue weighted by atomic mass is 35.5. The topological polar surface area (TPSA) is 84.7 Å². The molecular weight excluding hydrogens is 358 g/mol. The Morgan fingerprint density at radius 3 is 2.58 bits per heavy atom. The summed E-state index contributed by atoms with van der Waals surface area (Å²) in [7, 11) is 1.81. The first-order valence-corrected chi connectivity index (χ1v) is 8.35. The fourth-order valence-electron chi connectivity index (χ4n) is 2.27. The van der Waals surface area contributed by atoms with E-state index < -0.39 is 4.92 Å². The van der Waals surface area contributed by atoms with Crippen molar-refractivity contribution in [2.75, 3.05) is 32.1 Å². The number of aryl methyl sites for hydroxylation is 1. The lowest BCUT2D eigenvalue weighted by Crippen LogP contribution is -2.33. The summed E-state index contributed by atoms with van der Waals surface area (Å²) in [5.41, 5.74) is 1.20. The van der Waals surface area contributed by atoms with E-state index in [4.69, 9.17) is 16.3 Å². The van der Waals surface area contributed by atoms with Crippen LogP contribution in [0.4, 0.5) is 11.4 Å². The molecule has 0 unspecified atom stereocenters. The molecule has 0 spiro atoms. The molecule has 0 fully saturated rings. The number of nitro benzene ring substituents is 1. The third kappa shape index (κ3) is 6.02. The Bertz CT molecular complexity index is 781. The smallest absolute Gasteiger partial charge is 0.269 e. The number of halogens is 1. The van der Waals surface area contributed by atoms with E-state index in [-0.39, 0.29) is 18.1 Å². The van der Waals surface area contributed by atoms with Gasteiger partial charge in [0.15, 0.2) is 0 Å². The molecule has 0 aliphatic carbocycles. The molecule has 0 atom stereocenters. The van der Waals surface area contributed by atoms with Crippen LogP contribution in [0.15, 0.2) is 42.5 Å². The van der Waals surface area contributed by atoms with Gasteiger partial charge in [0.25, 0.3) is 5.69 Å². The van der Waals surface area contributed by atoms with Crippen LogP contribution in [0.3, 0.4) is 0 Å². The van der Waals surface area contributed by atoms with Gasteiger partial charge in [-0.05, 0) is 49.9 Å². The van der Waals surface area contributed by atoms with Crippen LogP contribution >= 0.6 is 11.6 Å². The van der Waals surface area contributed by atoms with Gasteiger partial charge >= 0.3 is 0 Å². The molecule has 0 bridgehead atoms. The lowest BCUT2D eigenvalue weighted by atomic mass is 10.2. The van der Waals surface area contributed by atoms with E-state index in [0.29, 0.717) is 35.2 Å². The van der Waals surface area contributed by atoms with E-state index in [1.807, 2.05) is 11.9 Å². The highest BCUT2D eigenvalue weighted by molar-refractivity contribution is 6.30. The van der Waals surface area contributed by atoms with E-state index in [9.17, 15) is 14.9 Å². The molecule has 1 amide bonds. The normalized spacial score (nSPS) is 10.6. The molecule has 26 heavy (non-hydrogen) atoms. The number of carbonyl (C=O) groups excluding carboxylic acids is 1. The maximum Gasteiger partial charge on any atom is 0.269 e. The average Bonchev–Trinajstić information content (AvgIpc) is 2.58. The van der Waals surface area contributed by atoms with Gasteiger partial charge in [-0.3, -0.25) is 19.8 Å². The molecule has 2 aromatic rings. The van der Waals surface area contributed by atoms with Gasteiger partial charge in [-0.1, -0.05) is 11.6 Å². The number of nitrogens with zero attached hydrogens (tertiary/aromatic N) is 2. The van der Waals surface area contributed by atoms with Gasteiger partial charge in [0.2, 0.25) is 5.91 Å². The lowest BCUT2D eigenvalue weighted by molar-refractivity contribution is -0.384. The molecular formula is C18H20ClN3O4. The van der Waals surface area contributed by atoms with Crippen LogP contribution in [0.5, 0.6) is 5.75 Å². The quantitative estimate of drug-likeness (QED) is 0.562. The maximum absolute atomic E-state index is 12.1. The third-order valence-electron chi connectivity index (χ3n) is 3.66. The molecule has 8 heteroatoms. The molecule has 0 aliphatic rings. The minimum absolute atomic E-state index is 0.00281. The van der Waals surface area contributed by atoms with E-state index in [0.717, 1.165) is 0 Å². The van der Waals surface area contributed by atoms with E-state index >= 15 is 0 Å². The highest BCUT2D eigenvalue weighted by Crippen LogP contribution is 2.21. The average molecular weight is 378 g/mol. The standard InChI is InChI=1S/C18H20ClN3O4/c1-13-11-15(22(24)25)5-8-17(13)20-18(23)12-21(2)9-10-26-16-6-3-14(19)4-7-16/h3-8,11H,9-10,12H2,1-2H3,(H,20,23). The number of hydrogen-bond donors (Lipinski definition) is 1. The van der Waals surface area contributed by atoms with Crippen molar-refractivity contribution >= 4 is 28.9 Å². The van der Waals surface area contributed by atoms with Gasteiger partial charge in [-0.15, -0.1) is 0 Å². The van der Waals surface area contributed by atoms with Crippen LogP contribution in [-0.2, 0) is 4.79 Å². The van der Waals surface area contributed by atoms with Crippen LogP contribution in [0, 0.1) is 17.0 Å². The number of hydrogen-bond acceptors (Lipinski definition) is 5. The zero-order valence-corrected chi connectivity index (χ0v) is 15.3. The molecule has 1 N–H and O–H groups in total. The largest absolute Gasteiger partial charge is 0.492 e. The number of nitrogens with one attached hydrogen (secondary N) is 1. The molecule has 0 aliphatic heterocycles. The first-order valence-electron chi connectivity index (χ1n) is 7.97. The molecule has 0 radical (unpaired) electrons. The number of non-ortho nitro benzene ring substituents is 1. The molecule has 7 nitrogen and oxygen atoms in total. The Hall–Kier alpha value is -2.64. The lowest BCUT2D eigenvalue weighted by Gasteiger charge is -2.17. The van der Waals surface area contributed by atoms with Gasteiger partial charge in [-0.25, -0.2) is 0 Å². The molecule has 2 rings (SSSR count). The van der Waals surface area contributed by atoms with Crippen LogP contribution in [0.2, 0.25) is 5.02 Å². The van der Waals surface area contributed by atoms with Crippen molar-refractivity contribution in [2.45, 2.75) is 6.92 Å². The predicted molar refractivity (Wildman–Crippen MR) is 101 cm³/mol. The van der Waals surface area contributed by atoms with Crippen LogP contribution in [-0.4, -0.2) is 42.5 Å². The SMILES string of the molecule is Cc1cc([N+](=O)[O-])ccc1NC(=O)CN(C)CCOc1ccc(Cl)cc1. The van der Waals surface area contributed by atoms with Gasteiger partial charge in [0.1, 0.15) is 12.4 Å². The Labute approximate surface area is 156 Å². The zero-order valence-electron chi connectivity index (χ0n) is 14.6.